The van der Waals surface area contributed by atoms with Gasteiger partial charge in [-0.2, -0.15) is 0 Å². The third-order valence-corrected chi connectivity index (χ3v) is 5.01. The molecule has 1 saturated heterocycles. The number of halogens is 1. The molecule has 1 heterocycles. The lowest BCUT2D eigenvalue weighted by Gasteiger charge is -2.22. The van der Waals surface area contributed by atoms with Gasteiger partial charge in [0.05, 0.1) is 0 Å². The molecule has 0 saturated carbocycles. The van der Waals surface area contributed by atoms with E-state index in [1.54, 1.807) is 37.3 Å². The van der Waals surface area contributed by atoms with Gasteiger partial charge in [0.1, 0.15) is 12.1 Å². The van der Waals surface area contributed by atoms with Crippen LogP contribution >= 0.6 is 11.6 Å². The summed E-state index contributed by atoms with van der Waals surface area (Å²) in [7, 11) is 0. The van der Waals surface area contributed by atoms with E-state index in [1.807, 2.05) is 25.1 Å². The minimum absolute atomic E-state index is 0.220. The molecule has 3 rings (SSSR count). The van der Waals surface area contributed by atoms with E-state index in [4.69, 9.17) is 11.6 Å². The number of benzene rings is 2. The van der Waals surface area contributed by atoms with Gasteiger partial charge in [-0.3, -0.25) is 14.5 Å². The molecule has 0 spiro atoms. The largest absolute Gasteiger partial charge is 0.350 e. The first-order valence-electron chi connectivity index (χ1n) is 8.52. The summed E-state index contributed by atoms with van der Waals surface area (Å²) in [6.45, 7) is 3.45. The normalized spacial score (nSPS) is 19.1. The highest BCUT2D eigenvalue weighted by molar-refractivity contribution is 6.31. The maximum Gasteiger partial charge on any atom is 0.325 e. The molecule has 27 heavy (non-hydrogen) atoms. The molecule has 0 aliphatic carbocycles. The topological polar surface area (TPSA) is 78.5 Å². The van der Waals surface area contributed by atoms with E-state index in [2.05, 4.69) is 10.6 Å². The van der Waals surface area contributed by atoms with E-state index in [-0.39, 0.29) is 13.1 Å². The van der Waals surface area contributed by atoms with Crippen LogP contribution in [-0.2, 0) is 21.7 Å². The molecule has 1 aliphatic heterocycles. The molecule has 1 aliphatic rings. The van der Waals surface area contributed by atoms with Gasteiger partial charge in [0.2, 0.25) is 5.91 Å². The van der Waals surface area contributed by atoms with Crippen LogP contribution in [0.25, 0.3) is 0 Å². The van der Waals surface area contributed by atoms with Gasteiger partial charge in [0, 0.05) is 11.6 Å². The molecular formula is C20H20ClN3O3. The summed E-state index contributed by atoms with van der Waals surface area (Å²) >= 11 is 6.06. The highest BCUT2D eigenvalue weighted by atomic mass is 35.5. The number of carbonyl (C=O) groups is 3. The van der Waals surface area contributed by atoms with Gasteiger partial charge in [-0.05, 0) is 31.0 Å². The Bertz CT molecular complexity index is 898. The average Bonchev–Trinajstić information content (AvgIpc) is 2.85. The Hall–Kier alpha value is -2.86. The number of nitrogens with one attached hydrogen (secondary N) is 2. The fourth-order valence-electron chi connectivity index (χ4n) is 2.96. The smallest absolute Gasteiger partial charge is 0.325 e. The first kappa shape index (κ1) is 18.9. The quantitative estimate of drug-likeness (QED) is 0.777. The average molecular weight is 386 g/mol. The molecule has 0 radical (unpaired) electrons. The molecule has 140 valence electrons. The van der Waals surface area contributed by atoms with Crippen molar-refractivity contribution in [2.75, 3.05) is 6.54 Å². The number of urea groups is 1. The van der Waals surface area contributed by atoms with Crippen LogP contribution in [0.1, 0.15) is 23.6 Å². The van der Waals surface area contributed by atoms with Crippen LogP contribution < -0.4 is 10.6 Å². The highest BCUT2D eigenvalue weighted by Gasteiger charge is 2.49. The SMILES string of the molecule is Cc1ccc(C2(C)NC(=O)N(CC(=O)NCc3ccccc3Cl)C2=O)cc1. The van der Waals surface area contributed by atoms with E-state index in [0.717, 1.165) is 16.0 Å². The molecule has 7 heteroatoms. The Kier molecular flexibility index (Phi) is 5.19. The Balaban J connectivity index is 1.67. The zero-order chi connectivity index (χ0) is 19.6. The van der Waals surface area contributed by atoms with Crippen molar-refractivity contribution >= 4 is 29.4 Å². The van der Waals surface area contributed by atoms with E-state index in [0.29, 0.717) is 10.6 Å². The third kappa shape index (κ3) is 3.80. The summed E-state index contributed by atoms with van der Waals surface area (Å²) in [5, 5.41) is 5.92. The second-order valence-corrected chi connectivity index (χ2v) is 7.09. The van der Waals surface area contributed by atoms with Crippen LogP contribution in [0.3, 0.4) is 0 Å². The number of imide groups is 1. The fraction of sp³-hybridized carbons (Fsp3) is 0.250. The second-order valence-electron chi connectivity index (χ2n) is 6.68. The van der Waals surface area contributed by atoms with Crippen LogP contribution in [0, 0.1) is 6.92 Å². The zero-order valence-electron chi connectivity index (χ0n) is 15.1. The first-order chi connectivity index (χ1) is 12.8. The van der Waals surface area contributed by atoms with Gasteiger partial charge < -0.3 is 10.6 Å². The summed E-state index contributed by atoms with van der Waals surface area (Å²) in [6.07, 6.45) is 0. The highest BCUT2D eigenvalue weighted by Crippen LogP contribution is 2.28. The summed E-state index contributed by atoms with van der Waals surface area (Å²) in [6, 6.07) is 13.9. The summed E-state index contributed by atoms with van der Waals surface area (Å²) < 4.78 is 0. The number of nitrogens with zero attached hydrogens (tertiary/aromatic N) is 1. The molecule has 1 atom stereocenters. The molecule has 2 aromatic rings. The molecule has 4 amide bonds. The standard InChI is InChI=1S/C20H20ClN3O3/c1-13-7-9-15(10-8-13)20(2)18(26)24(19(27)23-20)12-17(25)22-11-14-5-3-4-6-16(14)21/h3-10H,11-12H2,1-2H3,(H,22,25)(H,23,27). The van der Waals surface area contributed by atoms with E-state index in [9.17, 15) is 14.4 Å². The van der Waals surface area contributed by atoms with E-state index < -0.39 is 23.4 Å². The Morgan fingerprint density at radius 1 is 1.15 bits per heavy atom. The second kappa shape index (κ2) is 7.40. The molecule has 1 unspecified atom stereocenters. The van der Waals surface area contributed by atoms with Crippen LogP contribution in [0.15, 0.2) is 48.5 Å². The number of rotatable bonds is 5. The van der Waals surface area contributed by atoms with Crippen molar-refractivity contribution in [3.05, 3.63) is 70.2 Å². The lowest BCUT2D eigenvalue weighted by atomic mass is 9.91. The number of hydrogen-bond acceptors (Lipinski definition) is 3. The first-order valence-corrected chi connectivity index (χ1v) is 8.90. The fourth-order valence-corrected chi connectivity index (χ4v) is 3.16. The number of carbonyl (C=O) groups excluding carboxylic acids is 3. The van der Waals surface area contributed by atoms with Gasteiger partial charge >= 0.3 is 6.03 Å². The molecular weight excluding hydrogens is 366 g/mol. The predicted molar refractivity (Wildman–Crippen MR) is 102 cm³/mol. The van der Waals surface area contributed by atoms with Crippen molar-refractivity contribution in [1.82, 2.24) is 15.5 Å². The maximum absolute atomic E-state index is 12.8. The van der Waals surface area contributed by atoms with E-state index >= 15 is 0 Å². The molecule has 0 bridgehead atoms. The summed E-state index contributed by atoms with van der Waals surface area (Å²) in [5.41, 5.74) is 1.29. The van der Waals surface area contributed by atoms with Crippen LogP contribution in [0.5, 0.6) is 0 Å². The lowest BCUT2D eigenvalue weighted by molar-refractivity contribution is -0.134. The molecule has 0 aromatic heterocycles. The minimum atomic E-state index is -1.19. The van der Waals surface area contributed by atoms with E-state index in [1.165, 1.54) is 0 Å². The van der Waals surface area contributed by atoms with Crippen LogP contribution in [-0.4, -0.2) is 29.3 Å². The molecule has 1 fully saturated rings. The minimum Gasteiger partial charge on any atom is -0.350 e. The lowest BCUT2D eigenvalue weighted by Crippen LogP contribution is -2.43. The van der Waals surface area contributed by atoms with Crippen LogP contribution in [0.4, 0.5) is 4.79 Å². The number of amides is 4. The van der Waals surface area contributed by atoms with Gasteiger partial charge in [-0.15, -0.1) is 0 Å². The van der Waals surface area contributed by atoms with Crippen molar-refractivity contribution in [2.24, 2.45) is 0 Å². The molecule has 6 nitrogen and oxygen atoms in total. The van der Waals surface area contributed by atoms with Crippen molar-refractivity contribution in [3.8, 4) is 0 Å². The number of hydrogen-bond donors (Lipinski definition) is 2. The van der Waals surface area contributed by atoms with Gasteiger partial charge in [-0.25, -0.2) is 4.79 Å². The third-order valence-electron chi connectivity index (χ3n) is 4.64. The van der Waals surface area contributed by atoms with Gasteiger partial charge in [0.25, 0.3) is 5.91 Å². The van der Waals surface area contributed by atoms with Crippen molar-refractivity contribution < 1.29 is 14.4 Å². The predicted octanol–water partition coefficient (Wildman–Crippen LogP) is 2.73. The Morgan fingerprint density at radius 2 is 1.81 bits per heavy atom. The van der Waals surface area contributed by atoms with Crippen molar-refractivity contribution in [3.63, 3.8) is 0 Å². The summed E-state index contributed by atoms with van der Waals surface area (Å²) in [5.74, 6) is -0.893. The Morgan fingerprint density at radius 3 is 2.48 bits per heavy atom. The van der Waals surface area contributed by atoms with Crippen LogP contribution in [0.2, 0.25) is 5.02 Å². The van der Waals surface area contributed by atoms with Crippen molar-refractivity contribution in [1.29, 1.82) is 0 Å². The molecule has 2 aromatic carbocycles. The zero-order valence-corrected chi connectivity index (χ0v) is 15.8. The monoisotopic (exact) mass is 385 g/mol. The Labute approximate surface area is 162 Å². The maximum atomic E-state index is 12.8. The van der Waals surface area contributed by atoms with Gasteiger partial charge in [-0.1, -0.05) is 59.6 Å². The van der Waals surface area contributed by atoms with Crippen molar-refractivity contribution in [2.45, 2.75) is 25.9 Å². The van der Waals surface area contributed by atoms with Gasteiger partial charge in [0.15, 0.2) is 0 Å². The summed E-state index contributed by atoms with van der Waals surface area (Å²) in [4.78, 5) is 38.3. The number of aryl methyl sites for hydroxylation is 1. The molecule has 2 N–H and O–H groups in total.